The Bertz CT molecular complexity index is 684. The molecule has 4 heteroatoms. The van der Waals surface area contributed by atoms with Crippen LogP contribution in [0, 0.1) is 6.92 Å². The predicted molar refractivity (Wildman–Crippen MR) is 100 cm³/mol. The summed E-state index contributed by atoms with van der Waals surface area (Å²) in [4.78, 5) is 12.3. The lowest BCUT2D eigenvalue weighted by Crippen LogP contribution is -2.38. The van der Waals surface area contributed by atoms with Crippen LogP contribution in [0.1, 0.15) is 30.9 Å². The van der Waals surface area contributed by atoms with E-state index in [0.717, 1.165) is 12.8 Å². The van der Waals surface area contributed by atoms with Crippen LogP contribution < -0.4 is 14.8 Å². The third-order valence-corrected chi connectivity index (χ3v) is 4.01. The minimum absolute atomic E-state index is 0.0745. The van der Waals surface area contributed by atoms with Gasteiger partial charge in [0, 0.05) is 12.6 Å². The number of amides is 1. The van der Waals surface area contributed by atoms with Crippen molar-refractivity contribution in [1.29, 1.82) is 0 Å². The van der Waals surface area contributed by atoms with Crippen LogP contribution in [0.5, 0.6) is 11.5 Å². The fourth-order valence-corrected chi connectivity index (χ4v) is 2.65. The number of aryl methyl sites for hydroxylation is 2. The Morgan fingerprint density at radius 1 is 1.12 bits per heavy atom. The molecule has 0 fully saturated rings. The maximum Gasteiger partial charge on any atom is 0.261 e. The van der Waals surface area contributed by atoms with Gasteiger partial charge in [-0.05, 0) is 43.9 Å². The Balaban J connectivity index is 1.79. The molecule has 2 aromatic carbocycles. The van der Waals surface area contributed by atoms with Crippen LogP contribution in [-0.4, -0.2) is 25.7 Å². The highest BCUT2D eigenvalue weighted by atomic mass is 16.5. The van der Waals surface area contributed by atoms with Crippen molar-refractivity contribution in [3.63, 3.8) is 0 Å². The summed E-state index contributed by atoms with van der Waals surface area (Å²) in [7, 11) is 1.61. The van der Waals surface area contributed by atoms with Crippen molar-refractivity contribution >= 4 is 5.91 Å². The molecule has 0 radical (unpaired) electrons. The average Bonchev–Trinajstić information content (AvgIpc) is 2.63. The van der Waals surface area contributed by atoms with E-state index in [1.807, 2.05) is 25.1 Å². The molecular weight excluding hydrogens is 314 g/mol. The van der Waals surface area contributed by atoms with Gasteiger partial charge in [-0.25, -0.2) is 0 Å². The molecule has 1 amide bonds. The summed E-state index contributed by atoms with van der Waals surface area (Å²) in [5, 5.41) is 2.97. The second-order valence-corrected chi connectivity index (χ2v) is 6.08. The van der Waals surface area contributed by atoms with E-state index in [4.69, 9.17) is 9.47 Å². The molecule has 0 aliphatic heterocycles. The molecule has 1 N–H and O–H groups in total. The van der Waals surface area contributed by atoms with Crippen molar-refractivity contribution in [2.75, 3.05) is 13.7 Å². The summed E-state index contributed by atoms with van der Waals surface area (Å²) < 4.78 is 11.0. The number of rotatable bonds is 9. The monoisotopic (exact) mass is 341 g/mol. The van der Waals surface area contributed by atoms with Crippen LogP contribution in [-0.2, 0) is 11.2 Å². The van der Waals surface area contributed by atoms with E-state index in [9.17, 15) is 4.79 Å². The van der Waals surface area contributed by atoms with Crippen molar-refractivity contribution in [3.8, 4) is 11.5 Å². The molecule has 0 aliphatic carbocycles. The van der Waals surface area contributed by atoms with E-state index in [1.165, 1.54) is 11.1 Å². The lowest BCUT2D eigenvalue weighted by molar-refractivity contribution is -0.128. The largest absolute Gasteiger partial charge is 0.497 e. The van der Waals surface area contributed by atoms with Crippen molar-refractivity contribution in [3.05, 3.63) is 59.7 Å². The van der Waals surface area contributed by atoms with Gasteiger partial charge in [0.2, 0.25) is 0 Å². The molecule has 0 saturated heterocycles. The molecule has 0 bridgehead atoms. The molecule has 0 unspecified atom stereocenters. The molecule has 4 nitrogen and oxygen atoms in total. The van der Waals surface area contributed by atoms with Gasteiger partial charge in [0.25, 0.3) is 5.91 Å². The first-order chi connectivity index (χ1) is 12.1. The smallest absolute Gasteiger partial charge is 0.261 e. The number of nitrogens with one attached hydrogen (secondary N) is 1. The van der Waals surface area contributed by atoms with Gasteiger partial charge in [-0.3, -0.25) is 4.79 Å². The number of hydrogen-bond donors (Lipinski definition) is 1. The van der Waals surface area contributed by atoms with Crippen molar-refractivity contribution in [2.45, 2.75) is 39.2 Å². The Morgan fingerprint density at radius 3 is 2.60 bits per heavy atom. The predicted octanol–water partition coefficient (Wildman–Crippen LogP) is 3.91. The molecule has 0 saturated carbocycles. The quantitative estimate of drug-likeness (QED) is 0.704. The Kier molecular flexibility index (Phi) is 7.33. The Morgan fingerprint density at radius 2 is 1.88 bits per heavy atom. The normalized spacial score (nSPS) is 11.6. The Labute approximate surface area is 150 Å². The minimum atomic E-state index is -0.494. The number of methoxy groups -OCH3 is 1. The second-order valence-electron chi connectivity index (χ2n) is 6.08. The summed E-state index contributed by atoms with van der Waals surface area (Å²) in [6, 6.07) is 15.8. The van der Waals surface area contributed by atoms with E-state index in [2.05, 4.69) is 36.5 Å². The number of carbonyl (C=O) groups excluding carboxylic acids is 1. The van der Waals surface area contributed by atoms with Gasteiger partial charge in [-0.1, -0.05) is 42.8 Å². The molecule has 0 heterocycles. The number of ether oxygens (including phenoxy) is 2. The molecular formula is C21H27NO3. The highest BCUT2D eigenvalue weighted by molar-refractivity contribution is 5.81. The molecule has 0 aliphatic rings. The van der Waals surface area contributed by atoms with E-state index in [-0.39, 0.29) is 5.91 Å². The zero-order chi connectivity index (χ0) is 18.1. The summed E-state index contributed by atoms with van der Waals surface area (Å²) in [5.74, 6) is 1.28. The van der Waals surface area contributed by atoms with Gasteiger partial charge in [0.15, 0.2) is 6.10 Å². The fourth-order valence-electron chi connectivity index (χ4n) is 2.65. The molecule has 1 atom stereocenters. The summed E-state index contributed by atoms with van der Waals surface area (Å²) in [6.45, 7) is 4.68. The van der Waals surface area contributed by atoms with E-state index < -0.39 is 6.10 Å². The maximum absolute atomic E-state index is 12.3. The molecule has 2 rings (SSSR count). The Hall–Kier alpha value is -2.49. The minimum Gasteiger partial charge on any atom is -0.497 e. The fraction of sp³-hybridized carbons (Fsp3) is 0.381. The van der Waals surface area contributed by atoms with Gasteiger partial charge in [0.1, 0.15) is 11.5 Å². The summed E-state index contributed by atoms with van der Waals surface area (Å²) in [5.41, 5.74) is 2.56. The van der Waals surface area contributed by atoms with Gasteiger partial charge in [-0.2, -0.15) is 0 Å². The zero-order valence-corrected chi connectivity index (χ0v) is 15.2. The van der Waals surface area contributed by atoms with E-state index >= 15 is 0 Å². The van der Waals surface area contributed by atoms with Gasteiger partial charge < -0.3 is 14.8 Å². The van der Waals surface area contributed by atoms with E-state index in [0.29, 0.717) is 24.5 Å². The zero-order valence-electron chi connectivity index (χ0n) is 15.2. The highest BCUT2D eigenvalue weighted by Gasteiger charge is 2.18. The third kappa shape index (κ3) is 6.14. The van der Waals surface area contributed by atoms with Gasteiger partial charge in [0.05, 0.1) is 7.11 Å². The second kappa shape index (κ2) is 9.72. The average molecular weight is 341 g/mol. The SMILES string of the molecule is CC[C@H](Oc1cccc(OC)c1)C(=O)NCCCc1cccc(C)c1. The van der Waals surface area contributed by atoms with Crippen molar-refractivity contribution < 1.29 is 14.3 Å². The standard InChI is InChI=1S/C21H27NO3/c1-4-20(25-19-12-6-11-18(15-19)24-3)21(23)22-13-7-10-17-9-5-8-16(2)14-17/h5-6,8-9,11-12,14-15,20H,4,7,10,13H2,1-3H3,(H,22,23)/t20-/m0/s1. The number of carbonyl (C=O) groups is 1. The molecule has 0 aromatic heterocycles. The first-order valence-electron chi connectivity index (χ1n) is 8.76. The lowest BCUT2D eigenvalue weighted by atomic mass is 10.1. The molecule has 134 valence electrons. The summed E-state index contributed by atoms with van der Waals surface area (Å²) in [6.07, 6.45) is 1.98. The molecule has 0 spiro atoms. The lowest BCUT2D eigenvalue weighted by Gasteiger charge is -2.17. The van der Waals surface area contributed by atoms with Crippen molar-refractivity contribution in [1.82, 2.24) is 5.32 Å². The number of benzene rings is 2. The van der Waals surface area contributed by atoms with Gasteiger partial charge >= 0.3 is 0 Å². The molecule has 2 aromatic rings. The van der Waals surface area contributed by atoms with Crippen LogP contribution in [0.25, 0.3) is 0 Å². The van der Waals surface area contributed by atoms with Crippen LogP contribution in [0.15, 0.2) is 48.5 Å². The highest BCUT2D eigenvalue weighted by Crippen LogP contribution is 2.20. The first kappa shape index (κ1) is 18.8. The van der Waals surface area contributed by atoms with Crippen LogP contribution >= 0.6 is 0 Å². The van der Waals surface area contributed by atoms with Gasteiger partial charge in [-0.15, -0.1) is 0 Å². The molecule has 25 heavy (non-hydrogen) atoms. The third-order valence-electron chi connectivity index (χ3n) is 4.01. The topological polar surface area (TPSA) is 47.6 Å². The number of hydrogen-bond acceptors (Lipinski definition) is 3. The van der Waals surface area contributed by atoms with Crippen LogP contribution in [0.2, 0.25) is 0 Å². The van der Waals surface area contributed by atoms with E-state index in [1.54, 1.807) is 13.2 Å². The van der Waals surface area contributed by atoms with Crippen LogP contribution in [0.3, 0.4) is 0 Å². The first-order valence-corrected chi connectivity index (χ1v) is 8.76. The van der Waals surface area contributed by atoms with Crippen LogP contribution in [0.4, 0.5) is 0 Å². The summed E-state index contributed by atoms with van der Waals surface area (Å²) >= 11 is 0. The maximum atomic E-state index is 12.3. The van der Waals surface area contributed by atoms with Crippen molar-refractivity contribution in [2.24, 2.45) is 0 Å².